The van der Waals surface area contributed by atoms with Gasteiger partial charge in [-0.15, -0.1) is 0 Å². The van der Waals surface area contributed by atoms with Gasteiger partial charge in [0.15, 0.2) is 0 Å². The van der Waals surface area contributed by atoms with Crippen molar-refractivity contribution in [2.45, 2.75) is 11.8 Å². The van der Waals surface area contributed by atoms with E-state index in [9.17, 15) is 4.39 Å². The summed E-state index contributed by atoms with van der Waals surface area (Å²) in [5.74, 6) is -0.184. The van der Waals surface area contributed by atoms with Crippen LogP contribution in [0.25, 0.3) is 0 Å². The molecule has 2 heterocycles. The van der Waals surface area contributed by atoms with Gasteiger partial charge in [-0.3, -0.25) is 0 Å². The maximum absolute atomic E-state index is 13.8. The molecule has 0 saturated carbocycles. The van der Waals surface area contributed by atoms with Crippen LogP contribution in [0.2, 0.25) is 0 Å². The number of hydrogen-bond donors (Lipinski definition) is 1. The predicted octanol–water partition coefficient (Wildman–Crippen LogP) is 3.35. The number of piperazine rings is 1. The highest BCUT2D eigenvalue weighted by molar-refractivity contribution is 5.70. The smallest absolute Gasteiger partial charge is 0.123 e. The number of nitrogens with zero attached hydrogens (tertiary/aromatic N) is 2. The third-order valence-corrected chi connectivity index (χ3v) is 5.91. The summed E-state index contributed by atoms with van der Waals surface area (Å²) in [4.78, 5) is 4.81. The largest absolute Gasteiger partial charge is 0.382 e. The van der Waals surface area contributed by atoms with Crippen LogP contribution in [0.15, 0.2) is 48.5 Å². The lowest BCUT2D eigenvalue weighted by Gasteiger charge is -2.36. The molecule has 1 unspecified atom stereocenters. The van der Waals surface area contributed by atoms with Gasteiger partial charge < -0.3 is 19.9 Å². The molecule has 2 saturated heterocycles. The van der Waals surface area contributed by atoms with Crippen molar-refractivity contribution >= 4 is 11.4 Å². The van der Waals surface area contributed by atoms with E-state index in [2.05, 4.69) is 46.4 Å². The number of benzene rings is 2. The molecular formula is C22H28FN3O. The Balaban J connectivity index is 1.54. The topological polar surface area (TPSA) is 27.7 Å². The molecule has 2 aromatic rings. The molecule has 5 heteroatoms. The van der Waals surface area contributed by atoms with Crippen LogP contribution < -0.4 is 10.2 Å². The van der Waals surface area contributed by atoms with Crippen LogP contribution in [0.1, 0.15) is 12.0 Å². The van der Waals surface area contributed by atoms with Gasteiger partial charge in [0.05, 0.1) is 18.0 Å². The highest BCUT2D eigenvalue weighted by atomic mass is 19.1. The SMILES string of the molecule is CN1CCN(c2ccccc2NCC2(c3cccc(F)c3)CCOC2)CC1. The first kappa shape index (κ1) is 18.3. The first-order valence-corrected chi connectivity index (χ1v) is 9.76. The Hall–Kier alpha value is -2.11. The molecular weight excluding hydrogens is 341 g/mol. The van der Waals surface area contributed by atoms with Gasteiger partial charge in [-0.05, 0) is 43.3 Å². The van der Waals surface area contributed by atoms with Gasteiger partial charge in [0.25, 0.3) is 0 Å². The van der Waals surface area contributed by atoms with Gasteiger partial charge in [-0.1, -0.05) is 24.3 Å². The zero-order valence-corrected chi connectivity index (χ0v) is 16.0. The molecule has 0 aromatic heterocycles. The number of para-hydroxylation sites is 2. The summed E-state index contributed by atoms with van der Waals surface area (Å²) in [6, 6.07) is 15.5. The van der Waals surface area contributed by atoms with Crippen LogP contribution in [0.5, 0.6) is 0 Å². The third-order valence-electron chi connectivity index (χ3n) is 5.91. The van der Waals surface area contributed by atoms with E-state index in [1.165, 1.54) is 11.8 Å². The highest BCUT2D eigenvalue weighted by Gasteiger charge is 2.37. The van der Waals surface area contributed by atoms with Crippen LogP contribution in [0.3, 0.4) is 0 Å². The fourth-order valence-corrected chi connectivity index (χ4v) is 4.11. The van der Waals surface area contributed by atoms with Gasteiger partial charge in [0.2, 0.25) is 0 Å². The number of hydrogen-bond acceptors (Lipinski definition) is 4. The molecule has 2 aromatic carbocycles. The van der Waals surface area contributed by atoms with Crippen molar-refractivity contribution < 1.29 is 9.13 Å². The van der Waals surface area contributed by atoms with Gasteiger partial charge in [0.1, 0.15) is 5.82 Å². The molecule has 2 aliphatic heterocycles. The minimum absolute atomic E-state index is 0.183. The lowest BCUT2D eigenvalue weighted by molar-refractivity contribution is 0.179. The molecule has 27 heavy (non-hydrogen) atoms. The summed E-state index contributed by atoms with van der Waals surface area (Å²) in [5.41, 5.74) is 3.23. The van der Waals surface area contributed by atoms with Crippen molar-refractivity contribution in [2.75, 3.05) is 63.2 Å². The van der Waals surface area contributed by atoms with Crippen molar-refractivity contribution in [3.63, 3.8) is 0 Å². The zero-order valence-electron chi connectivity index (χ0n) is 16.0. The molecule has 4 rings (SSSR count). The zero-order chi connectivity index (χ0) is 18.7. The third kappa shape index (κ3) is 3.94. The standard InChI is InChI=1S/C22H28FN3O/c1-25-10-12-26(13-11-25)21-8-3-2-7-20(21)24-16-22(9-14-27-17-22)18-5-4-6-19(23)15-18/h2-8,15,24H,9-14,16-17H2,1H3. The average Bonchev–Trinajstić information content (AvgIpc) is 3.18. The van der Waals surface area contributed by atoms with E-state index in [4.69, 9.17) is 4.74 Å². The molecule has 4 nitrogen and oxygen atoms in total. The molecule has 2 fully saturated rings. The Morgan fingerprint density at radius 1 is 1.07 bits per heavy atom. The normalized spacial score (nSPS) is 23.6. The Kier molecular flexibility index (Phi) is 5.32. The maximum atomic E-state index is 13.8. The van der Waals surface area contributed by atoms with Crippen LogP contribution >= 0.6 is 0 Å². The molecule has 1 N–H and O–H groups in total. The molecule has 144 valence electrons. The fraction of sp³-hybridized carbons (Fsp3) is 0.455. The second kappa shape index (κ2) is 7.87. The monoisotopic (exact) mass is 369 g/mol. The Morgan fingerprint density at radius 2 is 1.89 bits per heavy atom. The first-order chi connectivity index (χ1) is 13.2. The van der Waals surface area contributed by atoms with Gasteiger partial charge in [0, 0.05) is 44.7 Å². The number of rotatable bonds is 5. The van der Waals surface area contributed by atoms with Crippen molar-refractivity contribution in [3.05, 3.63) is 59.9 Å². The Labute approximate surface area is 160 Å². The summed E-state index contributed by atoms with van der Waals surface area (Å²) in [6.07, 6.45) is 0.903. The molecule has 0 amide bonds. The number of ether oxygens (including phenoxy) is 1. The lowest BCUT2D eigenvalue weighted by Crippen LogP contribution is -2.44. The summed E-state index contributed by atoms with van der Waals surface area (Å²) < 4.78 is 19.5. The minimum atomic E-state index is -0.184. The quantitative estimate of drug-likeness (QED) is 0.875. The summed E-state index contributed by atoms with van der Waals surface area (Å²) >= 11 is 0. The van der Waals surface area contributed by atoms with Crippen LogP contribution in [0, 0.1) is 5.82 Å². The second-order valence-electron chi connectivity index (χ2n) is 7.75. The minimum Gasteiger partial charge on any atom is -0.382 e. The molecule has 0 spiro atoms. The van der Waals surface area contributed by atoms with Gasteiger partial charge in [-0.2, -0.15) is 0 Å². The van der Waals surface area contributed by atoms with Gasteiger partial charge in [-0.25, -0.2) is 4.39 Å². The van der Waals surface area contributed by atoms with Crippen molar-refractivity contribution in [1.82, 2.24) is 4.90 Å². The van der Waals surface area contributed by atoms with E-state index in [0.29, 0.717) is 6.61 Å². The van der Waals surface area contributed by atoms with Crippen molar-refractivity contribution in [1.29, 1.82) is 0 Å². The average molecular weight is 369 g/mol. The summed E-state index contributed by atoms with van der Waals surface area (Å²) in [7, 11) is 2.17. The number of nitrogens with one attached hydrogen (secondary N) is 1. The number of anilines is 2. The molecule has 0 bridgehead atoms. The summed E-state index contributed by atoms with van der Waals surface area (Å²) in [5, 5.41) is 3.66. The number of likely N-dealkylation sites (N-methyl/N-ethyl adjacent to an activating group) is 1. The van der Waals surface area contributed by atoms with E-state index in [-0.39, 0.29) is 11.2 Å². The summed E-state index contributed by atoms with van der Waals surface area (Å²) in [6.45, 7) is 6.31. The number of halogens is 1. The first-order valence-electron chi connectivity index (χ1n) is 9.76. The van der Waals surface area contributed by atoms with Crippen molar-refractivity contribution in [2.24, 2.45) is 0 Å². The van der Waals surface area contributed by atoms with Crippen LogP contribution in [-0.4, -0.2) is 57.9 Å². The molecule has 1 atom stereocenters. The molecule has 2 aliphatic rings. The predicted molar refractivity (Wildman–Crippen MR) is 108 cm³/mol. The van der Waals surface area contributed by atoms with Gasteiger partial charge >= 0.3 is 0 Å². The van der Waals surface area contributed by atoms with E-state index < -0.39 is 0 Å². The van der Waals surface area contributed by atoms with E-state index >= 15 is 0 Å². The fourth-order valence-electron chi connectivity index (χ4n) is 4.11. The van der Waals surface area contributed by atoms with E-state index in [1.54, 1.807) is 12.1 Å². The van der Waals surface area contributed by atoms with E-state index in [1.807, 2.05) is 6.07 Å². The molecule has 0 radical (unpaired) electrons. The van der Waals surface area contributed by atoms with Crippen LogP contribution in [-0.2, 0) is 10.2 Å². The highest BCUT2D eigenvalue weighted by Crippen LogP contribution is 2.35. The van der Waals surface area contributed by atoms with Crippen molar-refractivity contribution in [3.8, 4) is 0 Å². The lowest BCUT2D eigenvalue weighted by atomic mass is 9.79. The maximum Gasteiger partial charge on any atom is 0.123 e. The Morgan fingerprint density at radius 3 is 2.63 bits per heavy atom. The second-order valence-corrected chi connectivity index (χ2v) is 7.75. The Bertz CT molecular complexity index is 768. The van der Waals surface area contributed by atoms with E-state index in [0.717, 1.165) is 57.0 Å². The molecule has 0 aliphatic carbocycles. The van der Waals surface area contributed by atoms with Crippen LogP contribution in [0.4, 0.5) is 15.8 Å².